The zero-order valence-electron chi connectivity index (χ0n) is 16.5. The number of carbonyl (C=O) groups is 1. The molecule has 0 aliphatic heterocycles. The molecule has 0 bridgehead atoms. The predicted octanol–water partition coefficient (Wildman–Crippen LogP) is 5.24. The SMILES string of the molecule is CCCCCN(Cc1cccn1Cc1ccc(F)cc1)C(=O)C(C)(C)C. The van der Waals surface area contributed by atoms with E-state index in [4.69, 9.17) is 0 Å². The summed E-state index contributed by atoms with van der Waals surface area (Å²) in [5.74, 6) is -0.0394. The predicted molar refractivity (Wildman–Crippen MR) is 104 cm³/mol. The van der Waals surface area contributed by atoms with Crippen molar-refractivity contribution in [3.05, 3.63) is 59.7 Å². The van der Waals surface area contributed by atoms with E-state index in [0.29, 0.717) is 13.1 Å². The fraction of sp³-hybridized carbons (Fsp3) is 0.500. The lowest BCUT2D eigenvalue weighted by molar-refractivity contribution is -0.140. The first-order valence-electron chi connectivity index (χ1n) is 9.49. The van der Waals surface area contributed by atoms with E-state index < -0.39 is 0 Å². The van der Waals surface area contributed by atoms with Crippen LogP contribution in [0.15, 0.2) is 42.6 Å². The summed E-state index contributed by atoms with van der Waals surface area (Å²) in [5.41, 5.74) is 1.76. The number of benzene rings is 1. The maximum Gasteiger partial charge on any atom is 0.228 e. The lowest BCUT2D eigenvalue weighted by Gasteiger charge is -2.30. The molecule has 2 aromatic rings. The molecule has 0 N–H and O–H groups in total. The van der Waals surface area contributed by atoms with Gasteiger partial charge in [0.1, 0.15) is 5.82 Å². The maximum atomic E-state index is 13.1. The smallest absolute Gasteiger partial charge is 0.228 e. The highest BCUT2D eigenvalue weighted by Crippen LogP contribution is 2.20. The van der Waals surface area contributed by atoms with Gasteiger partial charge in [0.05, 0.1) is 6.54 Å². The Morgan fingerprint density at radius 3 is 2.42 bits per heavy atom. The summed E-state index contributed by atoms with van der Waals surface area (Å²) in [7, 11) is 0. The van der Waals surface area contributed by atoms with Crippen LogP contribution in [0.3, 0.4) is 0 Å². The molecule has 4 heteroatoms. The van der Waals surface area contributed by atoms with Crippen molar-refractivity contribution in [3.8, 4) is 0 Å². The van der Waals surface area contributed by atoms with Crippen LogP contribution in [-0.4, -0.2) is 21.9 Å². The normalized spacial score (nSPS) is 11.6. The molecule has 1 aromatic heterocycles. The van der Waals surface area contributed by atoms with Gasteiger partial charge in [-0.15, -0.1) is 0 Å². The number of nitrogens with zero attached hydrogens (tertiary/aromatic N) is 2. The highest BCUT2D eigenvalue weighted by molar-refractivity contribution is 5.81. The Labute approximate surface area is 156 Å². The molecule has 0 atom stereocenters. The fourth-order valence-corrected chi connectivity index (χ4v) is 3.01. The Morgan fingerprint density at radius 2 is 1.81 bits per heavy atom. The van der Waals surface area contributed by atoms with E-state index in [1.54, 1.807) is 12.1 Å². The van der Waals surface area contributed by atoms with Crippen LogP contribution in [0.2, 0.25) is 0 Å². The molecule has 1 amide bonds. The van der Waals surface area contributed by atoms with Crippen molar-refractivity contribution in [2.75, 3.05) is 6.54 Å². The van der Waals surface area contributed by atoms with Gasteiger partial charge in [-0.25, -0.2) is 4.39 Å². The summed E-state index contributed by atoms with van der Waals surface area (Å²) in [6.07, 6.45) is 5.31. The third kappa shape index (κ3) is 5.72. The van der Waals surface area contributed by atoms with Gasteiger partial charge in [0.25, 0.3) is 0 Å². The van der Waals surface area contributed by atoms with Crippen LogP contribution in [0.5, 0.6) is 0 Å². The molecule has 0 unspecified atom stereocenters. The Bertz CT molecular complexity index is 698. The first-order valence-corrected chi connectivity index (χ1v) is 9.49. The molecular formula is C22H31FN2O. The van der Waals surface area contributed by atoms with Crippen molar-refractivity contribution in [2.24, 2.45) is 5.41 Å². The molecule has 1 aromatic carbocycles. The molecular weight excluding hydrogens is 327 g/mol. The largest absolute Gasteiger partial charge is 0.345 e. The topological polar surface area (TPSA) is 25.2 Å². The first kappa shape index (κ1) is 20.2. The number of hydrogen-bond acceptors (Lipinski definition) is 1. The third-order valence-electron chi connectivity index (χ3n) is 4.50. The van der Waals surface area contributed by atoms with E-state index >= 15 is 0 Å². The zero-order chi connectivity index (χ0) is 19.2. The van der Waals surface area contributed by atoms with Crippen molar-refractivity contribution >= 4 is 5.91 Å². The molecule has 3 nitrogen and oxygen atoms in total. The molecule has 0 saturated heterocycles. The molecule has 0 spiro atoms. The minimum atomic E-state index is -0.388. The van der Waals surface area contributed by atoms with E-state index in [-0.39, 0.29) is 17.1 Å². The van der Waals surface area contributed by atoms with Crippen LogP contribution >= 0.6 is 0 Å². The van der Waals surface area contributed by atoms with Gasteiger partial charge in [-0.05, 0) is 36.2 Å². The van der Waals surface area contributed by atoms with Crippen molar-refractivity contribution in [3.63, 3.8) is 0 Å². The summed E-state index contributed by atoms with van der Waals surface area (Å²) in [4.78, 5) is 14.8. The van der Waals surface area contributed by atoms with Gasteiger partial charge >= 0.3 is 0 Å². The molecule has 0 aliphatic carbocycles. The molecule has 1 heterocycles. The molecule has 0 fully saturated rings. The Balaban J connectivity index is 2.13. The van der Waals surface area contributed by atoms with Gasteiger partial charge < -0.3 is 9.47 Å². The van der Waals surface area contributed by atoms with Crippen LogP contribution in [0.4, 0.5) is 4.39 Å². The second kappa shape index (κ2) is 9.02. The minimum Gasteiger partial charge on any atom is -0.345 e. The van der Waals surface area contributed by atoms with Crippen molar-refractivity contribution in [1.29, 1.82) is 0 Å². The van der Waals surface area contributed by atoms with E-state index in [1.165, 1.54) is 12.1 Å². The highest BCUT2D eigenvalue weighted by atomic mass is 19.1. The number of rotatable bonds is 8. The summed E-state index contributed by atoms with van der Waals surface area (Å²) in [6.45, 7) is 10.2. The average molecular weight is 359 g/mol. The van der Waals surface area contributed by atoms with Crippen molar-refractivity contribution < 1.29 is 9.18 Å². The molecule has 2 rings (SSSR count). The third-order valence-corrected chi connectivity index (χ3v) is 4.50. The number of unbranched alkanes of at least 4 members (excludes halogenated alkanes) is 2. The van der Waals surface area contributed by atoms with Crippen LogP contribution in [0.25, 0.3) is 0 Å². The van der Waals surface area contributed by atoms with Gasteiger partial charge in [-0.1, -0.05) is 52.7 Å². The number of hydrogen-bond donors (Lipinski definition) is 0. The van der Waals surface area contributed by atoms with Crippen LogP contribution in [-0.2, 0) is 17.9 Å². The minimum absolute atomic E-state index is 0.183. The van der Waals surface area contributed by atoms with E-state index in [0.717, 1.165) is 37.1 Å². The van der Waals surface area contributed by atoms with Gasteiger partial charge in [0.15, 0.2) is 0 Å². The summed E-state index contributed by atoms with van der Waals surface area (Å²) < 4.78 is 15.2. The quantitative estimate of drug-likeness (QED) is 0.592. The van der Waals surface area contributed by atoms with E-state index in [9.17, 15) is 9.18 Å². The second-order valence-corrected chi connectivity index (χ2v) is 7.94. The number of carbonyl (C=O) groups excluding carboxylic acids is 1. The summed E-state index contributed by atoms with van der Waals surface area (Å²) in [5, 5.41) is 0. The molecule has 0 aliphatic rings. The molecule has 0 saturated carbocycles. The summed E-state index contributed by atoms with van der Waals surface area (Å²) in [6, 6.07) is 10.6. The monoisotopic (exact) mass is 358 g/mol. The molecule has 26 heavy (non-hydrogen) atoms. The van der Waals surface area contributed by atoms with Crippen LogP contribution in [0.1, 0.15) is 58.2 Å². The fourth-order valence-electron chi connectivity index (χ4n) is 3.01. The van der Waals surface area contributed by atoms with Gasteiger partial charge in [-0.2, -0.15) is 0 Å². The Kier molecular flexibility index (Phi) is 7.01. The van der Waals surface area contributed by atoms with Gasteiger partial charge in [-0.3, -0.25) is 4.79 Å². The molecule has 142 valence electrons. The maximum absolute atomic E-state index is 13.1. The Hall–Kier alpha value is -2.10. The van der Waals surface area contributed by atoms with Gasteiger partial charge in [0, 0.05) is 30.4 Å². The average Bonchev–Trinajstić information content (AvgIpc) is 3.01. The highest BCUT2D eigenvalue weighted by Gasteiger charge is 2.27. The lowest BCUT2D eigenvalue weighted by atomic mass is 9.94. The van der Waals surface area contributed by atoms with Crippen molar-refractivity contribution in [1.82, 2.24) is 9.47 Å². The lowest BCUT2D eigenvalue weighted by Crippen LogP contribution is -2.40. The van der Waals surface area contributed by atoms with Gasteiger partial charge in [0.2, 0.25) is 5.91 Å². The standard InChI is InChI=1S/C22H31FN2O/c1-5-6-7-14-25(21(26)22(2,3)4)17-20-9-8-15-24(20)16-18-10-12-19(23)13-11-18/h8-13,15H,5-7,14,16-17H2,1-4H3. The van der Waals surface area contributed by atoms with Crippen LogP contribution < -0.4 is 0 Å². The number of amides is 1. The first-order chi connectivity index (χ1) is 12.3. The number of aromatic nitrogens is 1. The van der Waals surface area contributed by atoms with E-state index in [1.807, 2.05) is 37.9 Å². The number of halogens is 1. The second-order valence-electron chi connectivity index (χ2n) is 7.94. The zero-order valence-corrected chi connectivity index (χ0v) is 16.5. The Morgan fingerprint density at radius 1 is 1.12 bits per heavy atom. The van der Waals surface area contributed by atoms with Crippen LogP contribution in [0, 0.1) is 11.2 Å². The van der Waals surface area contributed by atoms with Crippen molar-refractivity contribution in [2.45, 2.75) is 60.0 Å². The van der Waals surface area contributed by atoms with E-state index in [2.05, 4.69) is 17.6 Å². The summed E-state index contributed by atoms with van der Waals surface area (Å²) >= 11 is 0. The molecule has 0 radical (unpaired) electrons.